The Kier molecular flexibility index (Phi) is 5.68. The molecule has 0 aliphatic carbocycles. The van der Waals surface area contributed by atoms with Crippen LogP contribution in [0.5, 0.6) is 6.01 Å². The van der Waals surface area contributed by atoms with Gasteiger partial charge in [-0.3, -0.25) is 4.98 Å². The van der Waals surface area contributed by atoms with E-state index in [1.165, 1.54) is 0 Å². The van der Waals surface area contributed by atoms with Crippen molar-refractivity contribution in [1.29, 1.82) is 0 Å². The standard InChI is InChI=1S/C24H26N6O2/c1-17-18(2)30(16-26-17)20-6-7-22-21(15-20)23(29-10-13-31-14-11-29)28-24(27-22)32-12-8-19-5-3-4-9-25-19/h3-7,9,15-16H,8,10-14H2,1-2H3. The van der Waals surface area contributed by atoms with Crippen LogP contribution in [0.2, 0.25) is 0 Å². The molecule has 8 nitrogen and oxygen atoms in total. The molecule has 1 aromatic carbocycles. The van der Waals surface area contributed by atoms with E-state index in [2.05, 4.69) is 43.5 Å². The quantitative estimate of drug-likeness (QED) is 0.464. The molecule has 0 unspecified atom stereocenters. The average Bonchev–Trinajstić information content (AvgIpc) is 3.17. The lowest BCUT2D eigenvalue weighted by molar-refractivity contribution is 0.122. The number of pyridine rings is 1. The van der Waals surface area contributed by atoms with Crippen molar-refractivity contribution in [3.63, 3.8) is 0 Å². The van der Waals surface area contributed by atoms with E-state index in [0.717, 1.165) is 52.6 Å². The van der Waals surface area contributed by atoms with E-state index < -0.39 is 0 Å². The summed E-state index contributed by atoms with van der Waals surface area (Å²) in [6, 6.07) is 12.5. The average molecular weight is 431 g/mol. The Hall–Kier alpha value is -3.52. The number of anilines is 1. The first-order valence-electron chi connectivity index (χ1n) is 10.9. The highest BCUT2D eigenvalue weighted by molar-refractivity contribution is 5.91. The van der Waals surface area contributed by atoms with Crippen molar-refractivity contribution >= 4 is 16.7 Å². The molecule has 0 amide bonds. The molecular formula is C24H26N6O2. The minimum Gasteiger partial charge on any atom is -0.463 e. The van der Waals surface area contributed by atoms with E-state index in [9.17, 15) is 0 Å². The second-order valence-electron chi connectivity index (χ2n) is 7.84. The topological polar surface area (TPSA) is 78.2 Å². The summed E-state index contributed by atoms with van der Waals surface area (Å²) in [6.45, 7) is 7.49. The monoisotopic (exact) mass is 430 g/mol. The first kappa shape index (κ1) is 20.4. The molecule has 4 heterocycles. The maximum Gasteiger partial charge on any atom is 0.318 e. The summed E-state index contributed by atoms with van der Waals surface area (Å²) >= 11 is 0. The minimum absolute atomic E-state index is 0.386. The molecule has 0 radical (unpaired) electrons. The van der Waals surface area contributed by atoms with Gasteiger partial charge in [-0.25, -0.2) is 4.98 Å². The third-order valence-electron chi connectivity index (χ3n) is 5.79. The number of morpholine rings is 1. The summed E-state index contributed by atoms with van der Waals surface area (Å²) in [6.07, 6.45) is 4.35. The molecule has 0 bridgehead atoms. The second-order valence-corrected chi connectivity index (χ2v) is 7.84. The van der Waals surface area contributed by atoms with Crippen molar-refractivity contribution in [2.75, 3.05) is 37.8 Å². The van der Waals surface area contributed by atoms with Gasteiger partial charge in [-0.05, 0) is 44.2 Å². The second kappa shape index (κ2) is 8.92. The van der Waals surface area contributed by atoms with Crippen LogP contribution < -0.4 is 9.64 Å². The molecule has 5 rings (SSSR count). The van der Waals surface area contributed by atoms with Gasteiger partial charge in [0.25, 0.3) is 0 Å². The maximum absolute atomic E-state index is 5.95. The lowest BCUT2D eigenvalue weighted by Gasteiger charge is -2.29. The van der Waals surface area contributed by atoms with Gasteiger partial charge in [0, 0.05) is 48.2 Å². The van der Waals surface area contributed by atoms with Gasteiger partial charge in [0.15, 0.2) is 0 Å². The number of fused-ring (bicyclic) bond motifs is 1. The van der Waals surface area contributed by atoms with Crippen molar-refractivity contribution in [3.8, 4) is 11.7 Å². The van der Waals surface area contributed by atoms with E-state index in [0.29, 0.717) is 32.3 Å². The molecule has 1 fully saturated rings. The Balaban J connectivity index is 1.49. The van der Waals surface area contributed by atoms with Gasteiger partial charge in [0.2, 0.25) is 0 Å². The number of nitrogens with zero attached hydrogens (tertiary/aromatic N) is 6. The molecule has 1 aliphatic heterocycles. The van der Waals surface area contributed by atoms with Gasteiger partial charge in [0.1, 0.15) is 5.82 Å². The highest BCUT2D eigenvalue weighted by Gasteiger charge is 2.19. The molecule has 1 saturated heterocycles. The summed E-state index contributed by atoms with van der Waals surface area (Å²) in [5.74, 6) is 0.877. The van der Waals surface area contributed by atoms with E-state index in [4.69, 9.17) is 14.5 Å². The molecular weight excluding hydrogens is 404 g/mol. The molecule has 3 aromatic heterocycles. The molecule has 8 heteroatoms. The zero-order valence-electron chi connectivity index (χ0n) is 18.4. The Morgan fingerprint density at radius 1 is 1.03 bits per heavy atom. The van der Waals surface area contributed by atoms with Crippen LogP contribution >= 0.6 is 0 Å². The number of aromatic nitrogens is 5. The van der Waals surface area contributed by atoms with Gasteiger partial charge in [-0.1, -0.05) is 6.07 Å². The normalized spacial score (nSPS) is 14.1. The largest absolute Gasteiger partial charge is 0.463 e. The number of ether oxygens (including phenoxy) is 2. The van der Waals surface area contributed by atoms with Crippen molar-refractivity contribution in [1.82, 2.24) is 24.5 Å². The van der Waals surface area contributed by atoms with E-state index >= 15 is 0 Å². The first-order chi connectivity index (χ1) is 15.7. The fraction of sp³-hybridized carbons (Fsp3) is 0.333. The van der Waals surface area contributed by atoms with Crippen LogP contribution in [0.4, 0.5) is 5.82 Å². The molecule has 4 aromatic rings. The summed E-state index contributed by atoms with van der Waals surface area (Å²) < 4.78 is 13.6. The molecule has 0 saturated carbocycles. The van der Waals surface area contributed by atoms with Crippen LogP contribution in [0.25, 0.3) is 16.6 Å². The Morgan fingerprint density at radius 3 is 2.66 bits per heavy atom. The van der Waals surface area contributed by atoms with Crippen molar-refractivity contribution in [3.05, 3.63) is 66.0 Å². The zero-order chi connectivity index (χ0) is 21.9. The van der Waals surface area contributed by atoms with Gasteiger partial charge in [0.05, 0.1) is 37.4 Å². The summed E-state index contributed by atoms with van der Waals surface area (Å²) in [4.78, 5) is 20.5. The Bertz CT molecular complexity index is 1220. The predicted molar refractivity (Wildman–Crippen MR) is 123 cm³/mol. The number of aryl methyl sites for hydroxylation is 1. The zero-order valence-corrected chi connectivity index (χ0v) is 18.4. The lowest BCUT2D eigenvalue weighted by atomic mass is 10.2. The van der Waals surface area contributed by atoms with E-state index in [1.807, 2.05) is 37.5 Å². The SMILES string of the molecule is Cc1ncn(-c2ccc3nc(OCCc4ccccn4)nc(N4CCOCC4)c3c2)c1C. The molecule has 1 aliphatic rings. The highest BCUT2D eigenvalue weighted by Crippen LogP contribution is 2.29. The van der Waals surface area contributed by atoms with Crippen LogP contribution in [0.15, 0.2) is 48.9 Å². The third-order valence-corrected chi connectivity index (χ3v) is 5.79. The van der Waals surface area contributed by atoms with Gasteiger partial charge in [-0.15, -0.1) is 0 Å². The van der Waals surface area contributed by atoms with Gasteiger partial charge in [-0.2, -0.15) is 9.97 Å². The third kappa shape index (κ3) is 4.13. The summed E-state index contributed by atoms with van der Waals surface area (Å²) in [5.41, 5.74) is 5.02. The first-order valence-corrected chi connectivity index (χ1v) is 10.9. The Labute approximate surface area is 186 Å². The number of rotatable bonds is 6. The van der Waals surface area contributed by atoms with E-state index in [1.54, 1.807) is 6.20 Å². The number of benzene rings is 1. The molecule has 164 valence electrons. The lowest BCUT2D eigenvalue weighted by Crippen LogP contribution is -2.37. The number of imidazole rings is 1. The van der Waals surface area contributed by atoms with Crippen LogP contribution in [0, 0.1) is 13.8 Å². The van der Waals surface area contributed by atoms with Gasteiger partial charge >= 0.3 is 6.01 Å². The van der Waals surface area contributed by atoms with Crippen molar-refractivity contribution < 1.29 is 9.47 Å². The number of hydrogen-bond acceptors (Lipinski definition) is 7. The number of hydrogen-bond donors (Lipinski definition) is 0. The predicted octanol–water partition coefficient (Wildman–Crippen LogP) is 3.29. The van der Waals surface area contributed by atoms with Crippen LogP contribution in [-0.4, -0.2) is 57.4 Å². The van der Waals surface area contributed by atoms with Crippen molar-refractivity contribution in [2.45, 2.75) is 20.3 Å². The smallest absolute Gasteiger partial charge is 0.318 e. The van der Waals surface area contributed by atoms with Gasteiger partial charge < -0.3 is 18.9 Å². The molecule has 0 N–H and O–H groups in total. The molecule has 32 heavy (non-hydrogen) atoms. The van der Waals surface area contributed by atoms with Crippen molar-refractivity contribution in [2.24, 2.45) is 0 Å². The molecule has 0 atom stereocenters. The Morgan fingerprint density at radius 2 is 1.91 bits per heavy atom. The fourth-order valence-electron chi connectivity index (χ4n) is 3.86. The van der Waals surface area contributed by atoms with E-state index in [-0.39, 0.29) is 0 Å². The maximum atomic E-state index is 5.95. The van der Waals surface area contributed by atoms with Crippen LogP contribution in [0.1, 0.15) is 17.1 Å². The summed E-state index contributed by atoms with van der Waals surface area (Å²) in [5, 5.41) is 0.993. The minimum atomic E-state index is 0.386. The fourth-order valence-corrected chi connectivity index (χ4v) is 3.86. The summed E-state index contributed by atoms with van der Waals surface area (Å²) in [7, 11) is 0. The molecule has 0 spiro atoms. The van der Waals surface area contributed by atoms with Crippen LogP contribution in [0.3, 0.4) is 0 Å². The van der Waals surface area contributed by atoms with Crippen LogP contribution in [-0.2, 0) is 11.2 Å². The highest BCUT2D eigenvalue weighted by atomic mass is 16.5.